The fraction of sp³-hybridized carbons (Fsp3) is 0.500. The Morgan fingerprint density at radius 1 is 1.67 bits per heavy atom. The number of hydrogen-bond donors (Lipinski definition) is 1. The molecule has 2 amide bonds. The lowest BCUT2D eigenvalue weighted by molar-refractivity contribution is -0.197. The summed E-state index contributed by atoms with van der Waals surface area (Å²) in [6.07, 6.45) is -1.71. The molecule has 0 aromatic heterocycles. The predicted octanol–water partition coefficient (Wildman–Crippen LogP) is -1.42. The molecule has 1 N–H and O–H groups in total. The summed E-state index contributed by atoms with van der Waals surface area (Å²) in [6, 6.07) is 0. The van der Waals surface area contributed by atoms with E-state index >= 15 is 0 Å². The van der Waals surface area contributed by atoms with E-state index in [1.54, 1.807) is 0 Å². The van der Waals surface area contributed by atoms with Crippen LogP contribution in [0.25, 0.3) is 0 Å². The van der Waals surface area contributed by atoms with Crippen LogP contribution in [-0.4, -0.2) is 34.1 Å². The average Bonchev–Trinajstić information content (AvgIpc) is 2.16. The summed E-state index contributed by atoms with van der Waals surface area (Å²) in [5.41, 5.74) is 0. The van der Waals surface area contributed by atoms with Gasteiger partial charge in [-0.05, 0) is 0 Å². The van der Waals surface area contributed by atoms with Gasteiger partial charge in [0, 0.05) is 6.92 Å². The van der Waals surface area contributed by atoms with Crippen LogP contribution >= 0.6 is 0 Å². The van der Waals surface area contributed by atoms with E-state index < -0.39 is 23.9 Å². The first-order chi connectivity index (χ1) is 5.52. The molecule has 1 aliphatic heterocycles. The number of rotatable bonds is 1. The summed E-state index contributed by atoms with van der Waals surface area (Å²) in [7, 11) is 0. The van der Waals surface area contributed by atoms with Crippen LogP contribution in [0.3, 0.4) is 0 Å². The smallest absolute Gasteiger partial charge is 0.330 e. The number of carbonyl (C=O) groups is 3. The Hall–Kier alpha value is -1.43. The molecular formula is C6H7NO5. The summed E-state index contributed by atoms with van der Waals surface area (Å²) in [4.78, 5) is 36.2. The fourth-order valence-corrected chi connectivity index (χ4v) is 0.818. The second-order valence-corrected chi connectivity index (χ2v) is 2.33. The molecule has 0 aromatic carbocycles. The zero-order valence-corrected chi connectivity index (χ0v) is 6.31. The van der Waals surface area contributed by atoms with Crippen molar-refractivity contribution >= 4 is 17.8 Å². The Bertz CT molecular complexity index is 248. The maximum absolute atomic E-state index is 10.8. The highest BCUT2D eigenvalue weighted by Crippen LogP contribution is 2.12. The fourth-order valence-electron chi connectivity index (χ4n) is 0.818. The van der Waals surface area contributed by atoms with E-state index in [-0.39, 0.29) is 11.5 Å². The topological polar surface area (TPSA) is 83.9 Å². The average molecular weight is 173 g/mol. The van der Waals surface area contributed by atoms with Gasteiger partial charge in [-0.15, -0.1) is 0 Å². The van der Waals surface area contributed by atoms with Crippen LogP contribution in [0.2, 0.25) is 0 Å². The van der Waals surface area contributed by atoms with Crippen LogP contribution in [0.5, 0.6) is 0 Å². The quantitative estimate of drug-likeness (QED) is 0.492. The molecule has 66 valence electrons. The van der Waals surface area contributed by atoms with Crippen molar-refractivity contribution in [1.29, 1.82) is 0 Å². The molecule has 6 nitrogen and oxygen atoms in total. The van der Waals surface area contributed by atoms with Gasteiger partial charge >= 0.3 is 5.97 Å². The van der Waals surface area contributed by atoms with Crippen molar-refractivity contribution in [3.8, 4) is 0 Å². The standard InChI is InChI=1S/C6H7NO5/c1-3(8)12-7-5(10)2-4(9)6(7)11/h4,9H,2H2,1H3. The molecule has 1 saturated heterocycles. The third-order valence-corrected chi connectivity index (χ3v) is 1.30. The number of nitrogens with zero attached hydrogens (tertiary/aromatic N) is 1. The number of aliphatic hydroxyl groups excluding tert-OH is 1. The molecule has 0 spiro atoms. The molecule has 1 heterocycles. The molecule has 0 aliphatic carbocycles. The van der Waals surface area contributed by atoms with Crippen LogP contribution in [0.15, 0.2) is 0 Å². The van der Waals surface area contributed by atoms with E-state index in [9.17, 15) is 14.4 Å². The van der Waals surface area contributed by atoms with Gasteiger partial charge < -0.3 is 9.94 Å². The summed E-state index contributed by atoms with van der Waals surface area (Å²) in [5.74, 6) is -2.37. The highest BCUT2D eigenvalue weighted by atomic mass is 16.7. The van der Waals surface area contributed by atoms with Crippen molar-refractivity contribution in [2.75, 3.05) is 0 Å². The van der Waals surface area contributed by atoms with E-state index in [0.717, 1.165) is 6.92 Å². The highest BCUT2D eigenvalue weighted by Gasteiger charge is 2.40. The molecule has 1 unspecified atom stereocenters. The van der Waals surface area contributed by atoms with E-state index in [0.29, 0.717) is 0 Å². The molecule has 1 fully saturated rings. The minimum Gasteiger partial charge on any atom is -0.383 e. The van der Waals surface area contributed by atoms with Crippen molar-refractivity contribution in [1.82, 2.24) is 5.06 Å². The van der Waals surface area contributed by atoms with E-state index in [2.05, 4.69) is 4.84 Å². The van der Waals surface area contributed by atoms with Crippen molar-refractivity contribution < 1.29 is 24.3 Å². The van der Waals surface area contributed by atoms with Crippen LogP contribution in [0, 0.1) is 0 Å². The Labute approximate surface area is 67.7 Å². The van der Waals surface area contributed by atoms with Gasteiger partial charge in [-0.2, -0.15) is 0 Å². The van der Waals surface area contributed by atoms with Gasteiger partial charge in [0.25, 0.3) is 11.8 Å². The van der Waals surface area contributed by atoms with Gasteiger partial charge in [0.2, 0.25) is 0 Å². The molecule has 12 heavy (non-hydrogen) atoms. The van der Waals surface area contributed by atoms with Crippen LogP contribution in [0.4, 0.5) is 0 Å². The van der Waals surface area contributed by atoms with Gasteiger partial charge in [-0.3, -0.25) is 9.59 Å². The minimum absolute atomic E-state index is 0.285. The summed E-state index contributed by atoms with van der Waals surface area (Å²) in [6.45, 7) is 1.06. The SMILES string of the molecule is CC(=O)ON1C(=O)CC(O)C1=O. The van der Waals surface area contributed by atoms with Gasteiger partial charge in [-0.25, -0.2) is 4.79 Å². The Morgan fingerprint density at radius 2 is 2.25 bits per heavy atom. The van der Waals surface area contributed by atoms with Crippen molar-refractivity contribution in [2.45, 2.75) is 19.4 Å². The summed E-state index contributed by atoms with van der Waals surface area (Å²) in [5, 5.41) is 9.13. The van der Waals surface area contributed by atoms with Crippen molar-refractivity contribution in [3.05, 3.63) is 0 Å². The number of hydroxylamine groups is 2. The van der Waals surface area contributed by atoms with Crippen molar-refractivity contribution in [3.63, 3.8) is 0 Å². The van der Waals surface area contributed by atoms with Gasteiger partial charge in [-0.1, -0.05) is 5.06 Å². The third kappa shape index (κ3) is 1.42. The lowest BCUT2D eigenvalue weighted by Gasteiger charge is -2.10. The van der Waals surface area contributed by atoms with Gasteiger partial charge in [0.15, 0.2) is 0 Å². The third-order valence-electron chi connectivity index (χ3n) is 1.30. The number of amides is 2. The molecule has 0 aromatic rings. The first-order valence-corrected chi connectivity index (χ1v) is 3.25. The largest absolute Gasteiger partial charge is 0.383 e. The zero-order chi connectivity index (χ0) is 9.30. The molecule has 1 atom stereocenters. The van der Waals surface area contributed by atoms with E-state index in [1.165, 1.54) is 0 Å². The molecule has 1 rings (SSSR count). The molecular weight excluding hydrogens is 166 g/mol. The lowest BCUT2D eigenvalue weighted by atomic mass is 10.3. The lowest BCUT2D eigenvalue weighted by Crippen LogP contribution is -2.33. The maximum Gasteiger partial charge on any atom is 0.330 e. The second-order valence-electron chi connectivity index (χ2n) is 2.33. The van der Waals surface area contributed by atoms with E-state index in [4.69, 9.17) is 5.11 Å². The number of aliphatic hydroxyl groups is 1. The summed E-state index contributed by atoms with van der Waals surface area (Å²) < 4.78 is 0. The molecule has 0 radical (unpaired) electrons. The first kappa shape index (κ1) is 8.66. The van der Waals surface area contributed by atoms with Crippen molar-refractivity contribution in [2.24, 2.45) is 0 Å². The monoisotopic (exact) mass is 173 g/mol. The molecule has 0 saturated carbocycles. The highest BCUT2D eigenvalue weighted by molar-refractivity contribution is 6.04. The first-order valence-electron chi connectivity index (χ1n) is 3.25. The van der Waals surface area contributed by atoms with Crippen LogP contribution in [0.1, 0.15) is 13.3 Å². The van der Waals surface area contributed by atoms with Crippen LogP contribution in [-0.2, 0) is 19.2 Å². The molecule has 0 bridgehead atoms. The normalized spacial score (nSPS) is 23.2. The van der Waals surface area contributed by atoms with Gasteiger partial charge in [0.05, 0.1) is 6.42 Å². The molecule has 6 heteroatoms. The van der Waals surface area contributed by atoms with Gasteiger partial charge in [0.1, 0.15) is 6.10 Å². The zero-order valence-electron chi connectivity index (χ0n) is 6.31. The Kier molecular flexibility index (Phi) is 2.09. The Morgan fingerprint density at radius 3 is 2.58 bits per heavy atom. The maximum atomic E-state index is 10.8. The number of hydrogen-bond acceptors (Lipinski definition) is 5. The number of carbonyl (C=O) groups excluding carboxylic acids is 3. The minimum atomic E-state index is -1.38. The van der Waals surface area contributed by atoms with E-state index in [1.807, 2.05) is 0 Å². The summed E-state index contributed by atoms with van der Waals surface area (Å²) >= 11 is 0. The molecule has 1 aliphatic rings. The van der Waals surface area contributed by atoms with Crippen LogP contribution < -0.4 is 0 Å². The predicted molar refractivity (Wildman–Crippen MR) is 34.2 cm³/mol. The second kappa shape index (κ2) is 2.90. The Balaban J connectivity index is 2.70. The number of imide groups is 1.